The van der Waals surface area contributed by atoms with Crippen molar-refractivity contribution >= 4 is 5.97 Å². The zero-order valence-electron chi connectivity index (χ0n) is 12.9. The Bertz CT molecular complexity index is 441. The first-order chi connectivity index (χ1) is 10.2. The van der Waals surface area contributed by atoms with E-state index < -0.39 is 5.54 Å². The van der Waals surface area contributed by atoms with Gasteiger partial charge >= 0.3 is 5.97 Å². The molecule has 4 heteroatoms. The molecule has 2 N–H and O–H groups in total. The molecule has 116 valence electrons. The number of benzene rings is 1. The van der Waals surface area contributed by atoms with Gasteiger partial charge in [-0.15, -0.1) is 0 Å². The summed E-state index contributed by atoms with van der Waals surface area (Å²) in [6.45, 7) is 3.04. The van der Waals surface area contributed by atoms with Crippen molar-refractivity contribution in [1.82, 2.24) is 4.90 Å². The summed E-state index contributed by atoms with van der Waals surface area (Å²) in [6.07, 6.45) is 5.67. The molecule has 1 aliphatic heterocycles. The molecule has 0 aliphatic carbocycles. The van der Waals surface area contributed by atoms with Crippen molar-refractivity contribution < 1.29 is 9.53 Å². The molecule has 0 amide bonds. The van der Waals surface area contributed by atoms with Crippen LogP contribution in [0.5, 0.6) is 0 Å². The molecule has 1 aromatic carbocycles. The summed E-state index contributed by atoms with van der Waals surface area (Å²) < 4.78 is 4.95. The van der Waals surface area contributed by atoms with E-state index in [1.807, 2.05) is 30.3 Å². The summed E-state index contributed by atoms with van der Waals surface area (Å²) in [4.78, 5) is 14.6. The fourth-order valence-electron chi connectivity index (χ4n) is 2.98. The summed E-state index contributed by atoms with van der Waals surface area (Å²) in [6, 6.07) is 9.55. The normalized spacial score (nSPS) is 19.5. The lowest BCUT2D eigenvalue weighted by Crippen LogP contribution is -2.48. The van der Waals surface area contributed by atoms with E-state index in [-0.39, 0.29) is 5.97 Å². The molecule has 21 heavy (non-hydrogen) atoms. The highest BCUT2D eigenvalue weighted by molar-refractivity contribution is 5.82. The number of likely N-dealkylation sites (tertiary alicyclic amines) is 1. The third-order valence-electron chi connectivity index (χ3n) is 4.36. The quantitative estimate of drug-likeness (QED) is 0.845. The van der Waals surface area contributed by atoms with Crippen LogP contribution in [0.3, 0.4) is 0 Å². The number of nitrogens with two attached hydrogens (primary N) is 1. The lowest BCUT2D eigenvalue weighted by Gasteiger charge is -2.30. The Labute approximate surface area is 127 Å². The van der Waals surface area contributed by atoms with Crippen LogP contribution in [-0.4, -0.2) is 37.6 Å². The van der Waals surface area contributed by atoms with E-state index in [9.17, 15) is 4.79 Å². The van der Waals surface area contributed by atoms with Crippen molar-refractivity contribution in [2.75, 3.05) is 26.7 Å². The number of methoxy groups -OCH3 is 1. The van der Waals surface area contributed by atoms with Crippen molar-refractivity contribution in [3.8, 4) is 0 Å². The largest absolute Gasteiger partial charge is 0.467 e. The molecule has 1 fully saturated rings. The van der Waals surface area contributed by atoms with Gasteiger partial charge in [-0.2, -0.15) is 0 Å². The fraction of sp³-hybridized carbons (Fsp3) is 0.588. The number of carbonyl (C=O) groups is 1. The van der Waals surface area contributed by atoms with Crippen LogP contribution in [-0.2, 0) is 15.1 Å². The maximum absolute atomic E-state index is 12.2. The molecule has 1 saturated heterocycles. The summed E-state index contributed by atoms with van der Waals surface area (Å²) >= 11 is 0. The topological polar surface area (TPSA) is 55.6 Å². The second-order valence-corrected chi connectivity index (χ2v) is 5.83. The molecule has 1 atom stereocenters. The first-order valence-corrected chi connectivity index (χ1v) is 7.82. The number of hydrogen-bond donors (Lipinski definition) is 1. The molecule has 1 aliphatic rings. The van der Waals surface area contributed by atoms with Gasteiger partial charge in [-0.25, -0.2) is 4.79 Å². The predicted molar refractivity (Wildman–Crippen MR) is 83.8 cm³/mol. The Morgan fingerprint density at radius 3 is 2.38 bits per heavy atom. The highest BCUT2D eigenvalue weighted by atomic mass is 16.5. The molecule has 1 aromatic rings. The zero-order valence-corrected chi connectivity index (χ0v) is 12.9. The van der Waals surface area contributed by atoms with Gasteiger partial charge in [0, 0.05) is 6.54 Å². The van der Waals surface area contributed by atoms with Gasteiger partial charge in [-0.3, -0.25) is 0 Å². The highest BCUT2D eigenvalue weighted by Crippen LogP contribution is 2.25. The molecule has 0 spiro atoms. The van der Waals surface area contributed by atoms with Crippen molar-refractivity contribution in [3.63, 3.8) is 0 Å². The number of carbonyl (C=O) groups excluding carboxylic acids is 1. The fourth-order valence-corrected chi connectivity index (χ4v) is 2.98. The Kier molecular flexibility index (Phi) is 5.76. The van der Waals surface area contributed by atoms with Crippen LogP contribution in [0.4, 0.5) is 0 Å². The van der Waals surface area contributed by atoms with Crippen molar-refractivity contribution in [1.29, 1.82) is 0 Å². The molecular formula is C17H26N2O2. The van der Waals surface area contributed by atoms with Gasteiger partial charge in [-0.05, 0) is 37.9 Å². The minimum atomic E-state index is -1.05. The van der Waals surface area contributed by atoms with Crippen molar-refractivity contribution in [3.05, 3.63) is 35.9 Å². The number of ether oxygens (including phenoxy) is 1. The van der Waals surface area contributed by atoms with E-state index in [1.165, 1.54) is 32.8 Å². The molecule has 0 aromatic heterocycles. The second kappa shape index (κ2) is 7.57. The van der Waals surface area contributed by atoms with E-state index in [2.05, 4.69) is 4.90 Å². The van der Waals surface area contributed by atoms with E-state index in [0.717, 1.165) is 25.2 Å². The van der Waals surface area contributed by atoms with Gasteiger partial charge in [0.1, 0.15) is 5.54 Å². The summed E-state index contributed by atoms with van der Waals surface area (Å²) in [5.74, 6) is -0.358. The average molecular weight is 290 g/mol. The molecule has 0 bridgehead atoms. The maximum Gasteiger partial charge on any atom is 0.330 e. The van der Waals surface area contributed by atoms with Crippen LogP contribution < -0.4 is 5.73 Å². The maximum atomic E-state index is 12.2. The summed E-state index contributed by atoms with van der Waals surface area (Å²) in [5.41, 5.74) is 6.20. The molecule has 4 nitrogen and oxygen atoms in total. The van der Waals surface area contributed by atoms with E-state index in [4.69, 9.17) is 10.5 Å². The highest BCUT2D eigenvalue weighted by Gasteiger charge is 2.37. The van der Waals surface area contributed by atoms with Crippen molar-refractivity contribution in [2.45, 2.75) is 37.6 Å². The number of hydrogen-bond acceptors (Lipinski definition) is 4. The zero-order chi connectivity index (χ0) is 15.1. The average Bonchev–Trinajstić information content (AvgIpc) is 2.81. The predicted octanol–water partition coefficient (Wildman–Crippen LogP) is 2.28. The van der Waals surface area contributed by atoms with Gasteiger partial charge in [-0.1, -0.05) is 43.2 Å². The first kappa shape index (κ1) is 16.0. The van der Waals surface area contributed by atoms with Crippen molar-refractivity contribution in [2.24, 2.45) is 5.73 Å². The lowest BCUT2D eigenvalue weighted by molar-refractivity contribution is -0.148. The van der Waals surface area contributed by atoms with Crippen LogP contribution in [0, 0.1) is 0 Å². The lowest BCUT2D eigenvalue weighted by atomic mass is 9.87. The van der Waals surface area contributed by atoms with E-state index >= 15 is 0 Å². The Balaban J connectivity index is 2.08. The molecule has 1 heterocycles. The standard InChI is InChI=1S/C17H26N2O2/c1-21-16(20)17(18,15-9-5-4-6-10-15)11-14-19-12-7-2-3-8-13-19/h4-6,9-10H,2-3,7-8,11-14,18H2,1H3. The Hall–Kier alpha value is -1.39. The monoisotopic (exact) mass is 290 g/mol. The van der Waals surface area contributed by atoms with Gasteiger partial charge in [0.2, 0.25) is 0 Å². The first-order valence-electron chi connectivity index (χ1n) is 7.82. The third-order valence-corrected chi connectivity index (χ3v) is 4.36. The van der Waals surface area contributed by atoms with Crippen LogP contribution >= 0.6 is 0 Å². The van der Waals surface area contributed by atoms with E-state index in [0.29, 0.717) is 6.42 Å². The molecular weight excluding hydrogens is 264 g/mol. The minimum absolute atomic E-state index is 0.358. The van der Waals surface area contributed by atoms with E-state index in [1.54, 1.807) is 0 Å². The van der Waals surface area contributed by atoms with Crippen LogP contribution in [0.1, 0.15) is 37.7 Å². The number of nitrogens with zero attached hydrogens (tertiary/aromatic N) is 1. The molecule has 2 rings (SSSR count). The van der Waals surface area contributed by atoms with Crippen LogP contribution in [0.15, 0.2) is 30.3 Å². The van der Waals surface area contributed by atoms with Crippen LogP contribution in [0.25, 0.3) is 0 Å². The Morgan fingerprint density at radius 1 is 1.19 bits per heavy atom. The smallest absolute Gasteiger partial charge is 0.330 e. The molecule has 0 saturated carbocycles. The minimum Gasteiger partial charge on any atom is -0.467 e. The van der Waals surface area contributed by atoms with Crippen LogP contribution in [0.2, 0.25) is 0 Å². The van der Waals surface area contributed by atoms with Gasteiger partial charge in [0.15, 0.2) is 0 Å². The molecule has 0 radical (unpaired) electrons. The SMILES string of the molecule is COC(=O)C(N)(CCN1CCCCCC1)c1ccccc1. The Morgan fingerprint density at radius 2 is 1.81 bits per heavy atom. The third kappa shape index (κ3) is 4.05. The number of esters is 1. The molecule has 1 unspecified atom stereocenters. The number of rotatable bonds is 5. The van der Waals surface area contributed by atoms with Gasteiger partial charge in [0.25, 0.3) is 0 Å². The summed E-state index contributed by atoms with van der Waals surface area (Å²) in [7, 11) is 1.40. The second-order valence-electron chi connectivity index (χ2n) is 5.83. The summed E-state index contributed by atoms with van der Waals surface area (Å²) in [5, 5.41) is 0. The van der Waals surface area contributed by atoms with Gasteiger partial charge < -0.3 is 15.4 Å². The van der Waals surface area contributed by atoms with Gasteiger partial charge in [0.05, 0.1) is 7.11 Å².